The van der Waals surface area contributed by atoms with Crippen molar-refractivity contribution in [2.75, 3.05) is 11.1 Å². The second-order valence-electron chi connectivity index (χ2n) is 4.18. The van der Waals surface area contributed by atoms with Gasteiger partial charge in [-0.1, -0.05) is 30.3 Å². The highest BCUT2D eigenvalue weighted by atomic mass is 35.5. The molecule has 4 nitrogen and oxygen atoms in total. The molecular weight excluding hydrogens is 248 g/mol. The zero-order valence-corrected chi connectivity index (χ0v) is 10.9. The van der Waals surface area contributed by atoms with Gasteiger partial charge in [0.2, 0.25) is 5.28 Å². The lowest BCUT2D eigenvalue weighted by Crippen LogP contribution is -2.20. The summed E-state index contributed by atoms with van der Waals surface area (Å²) in [6.07, 6.45) is 2.40. The molecule has 0 saturated carbocycles. The van der Waals surface area contributed by atoms with Crippen LogP contribution in [0, 0.1) is 0 Å². The summed E-state index contributed by atoms with van der Waals surface area (Å²) in [5.41, 5.74) is 7.54. The first-order valence-electron chi connectivity index (χ1n) is 5.73. The number of halogens is 1. The molecule has 3 N–H and O–H groups in total. The second kappa shape index (κ2) is 5.69. The number of hydrogen-bond acceptors (Lipinski definition) is 4. The van der Waals surface area contributed by atoms with Crippen LogP contribution in [0.25, 0.3) is 0 Å². The smallest absolute Gasteiger partial charge is 0.224 e. The van der Waals surface area contributed by atoms with E-state index in [2.05, 4.69) is 34.3 Å². The van der Waals surface area contributed by atoms with E-state index in [1.165, 1.54) is 11.8 Å². The standard InChI is InChI=1S/C13H15ClN4/c1-9(7-10-5-3-2-4-6-10)17-12-11(15)8-16-13(14)18-12/h2-6,8-9H,7,15H2,1H3,(H,16,17,18). The molecule has 0 saturated heterocycles. The van der Waals surface area contributed by atoms with E-state index in [9.17, 15) is 0 Å². The van der Waals surface area contributed by atoms with E-state index in [1.807, 2.05) is 18.2 Å². The Kier molecular flexibility index (Phi) is 3.99. The van der Waals surface area contributed by atoms with Crippen LogP contribution < -0.4 is 11.1 Å². The Labute approximate surface area is 111 Å². The number of nitrogens with zero attached hydrogens (tertiary/aromatic N) is 2. The predicted molar refractivity (Wildman–Crippen MR) is 74.7 cm³/mol. The first-order valence-corrected chi connectivity index (χ1v) is 6.11. The van der Waals surface area contributed by atoms with Gasteiger partial charge in [0.15, 0.2) is 5.82 Å². The van der Waals surface area contributed by atoms with Gasteiger partial charge in [0.1, 0.15) is 0 Å². The minimum Gasteiger partial charge on any atom is -0.394 e. The fourth-order valence-corrected chi connectivity index (χ4v) is 1.87. The van der Waals surface area contributed by atoms with E-state index in [-0.39, 0.29) is 11.3 Å². The van der Waals surface area contributed by atoms with Gasteiger partial charge >= 0.3 is 0 Å². The summed E-state index contributed by atoms with van der Waals surface area (Å²) >= 11 is 5.74. The van der Waals surface area contributed by atoms with E-state index in [1.54, 1.807) is 0 Å². The van der Waals surface area contributed by atoms with Crippen molar-refractivity contribution >= 4 is 23.1 Å². The van der Waals surface area contributed by atoms with Crippen LogP contribution in [-0.4, -0.2) is 16.0 Å². The largest absolute Gasteiger partial charge is 0.394 e. The first kappa shape index (κ1) is 12.6. The third kappa shape index (κ3) is 3.34. The lowest BCUT2D eigenvalue weighted by molar-refractivity contribution is 0.784. The zero-order valence-electron chi connectivity index (χ0n) is 10.1. The number of aromatic nitrogens is 2. The van der Waals surface area contributed by atoms with Crippen LogP contribution in [-0.2, 0) is 6.42 Å². The number of nitrogens with one attached hydrogen (secondary N) is 1. The SMILES string of the molecule is CC(Cc1ccccc1)Nc1nc(Cl)ncc1N. The van der Waals surface area contributed by atoms with Gasteiger partial charge in [-0.25, -0.2) is 4.98 Å². The maximum absolute atomic E-state index is 5.78. The summed E-state index contributed by atoms with van der Waals surface area (Å²) in [5.74, 6) is 0.582. The van der Waals surface area contributed by atoms with Crippen LogP contribution in [0.15, 0.2) is 36.5 Å². The van der Waals surface area contributed by atoms with Gasteiger partial charge in [-0.05, 0) is 30.5 Å². The molecule has 0 aliphatic heterocycles. The van der Waals surface area contributed by atoms with Crippen molar-refractivity contribution in [1.82, 2.24) is 9.97 Å². The molecule has 0 aliphatic rings. The van der Waals surface area contributed by atoms with Crippen LogP contribution in [0.3, 0.4) is 0 Å². The molecule has 1 unspecified atom stereocenters. The van der Waals surface area contributed by atoms with Crippen molar-refractivity contribution in [1.29, 1.82) is 0 Å². The van der Waals surface area contributed by atoms with Crippen molar-refractivity contribution in [3.63, 3.8) is 0 Å². The lowest BCUT2D eigenvalue weighted by Gasteiger charge is -2.15. The van der Waals surface area contributed by atoms with Crippen LogP contribution in [0.4, 0.5) is 11.5 Å². The fourth-order valence-electron chi connectivity index (χ4n) is 1.74. The maximum atomic E-state index is 5.78. The molecule has 94 valence electrons. The van der Waals surface area contributed by atoms with E-state index in [4.69, 9.17) is 17.3 Å². The van der Waals surface area contributed by atoms with Gasteiger partial charge in [-0.3, -0.25) is 0 Å². The number of rotatable bonds is 4. The van der Waals surface area contributed by atoms with Crippen LogP contribution in [0.2, 0.25) is 5.28 Å². The molecule has 0 bridgehead atoms. The highest BCUT2D eigenvalue weighted by Crippen LogP contribution is 2.17. The lowest BCUT2D eigenvalue weighted by atomic mass is 10.1. The highest BCUT2D eigenvalue weighted by molar-refractivity contribution is 6.28. The van der Waals surface area contributed by atoms with Gasteiger partial charge in [0.05, 0.1) is 11.9 Å². The molecule has 0 aliphatic carbocycles. The highest BCUT2D eigenvalue weighted by Gasteiger charge is 2.08. The average Bonchev–Trinajstić information content (AvgIpc) is 2.35. The van der Waals surface area contributed by atoms with Gasteiger partial charge < -0.3 is 11.1 Å². The quantitative estimate of drug-likeness (QED) is 0.832. The van der Waals surface area contributed by atoms with Crippen molar-refractivity contribution in [2.45, 2.75) is 19.4 Å². The van der Waals surface area contributed by atoms with Crippen molar-refractivity contribution in [3.8, 4) is 0 Å². The Balaban J connectivity index is 2.03. The van der Waals surface area contributed by atoms with Crippen LogP contribution >= 0.6 is 11.6 Å². The zero-order chi connectivity index (χ0) is 13.0. The van der Waals surface area contributed by atoms with Crippen LogP contribution in [0.5, 0.6) is 0 Å². The number of anilines is 2. The van der Waals surface area contributed by atoms with Crippen molar-refractivity contribution in [3.05, 3.63) is 47.4 Å². The summed E-state index contributed by atoms with van der Waals surface area (Å²) in [5, 5.41) is 3.43. The summed E-state index contributed by atoms with van der Waals surface area (Å²) < 4.78 is 0. The van der Waals surface area contributed by atoms with Crippen molar-refractivity contribution < 1.29 is 0 Å². The number of nitrogen functional groups attached to an aromatic ring is 1. The number of benzene rings is 1. The summed E-state index contributed by atoms with van der Waals surface area (Å²) in [4.78, 5) is 7.89. The summed E-state index contributed by atoms with van der Waals surface area (Å²) in [7, 11) is 0. The first-order chi connectivity index (χ1) is 8.65. The Bertz CT molecular complexity index is 516. The molecule has 2 rings (SSSR count). The molecule has 0 spiro atoms. The third-order valence-electron chi connectivity index (χ3n) is 2.56. The molecule has 0 fully saturated rings. The Morgan fingerprint density at radius 3 is 2.78 bits per heavy atom. The minimum absolute atomic E-state index is 0.193. The van der Waals surface area contributed by atoms with E-state index < -0.39 is 0 Å². The molecule has 0 amide bonds. The average molecular weight is 263 g/mol. The maximum Gasteiger partial charge on any atom is 0.224 e. The Hall–Kier alpha value is -1.81. The minimum atomic E-state index is 0.193. The molecule has 1 heterocycles. The topological polar surface area (TPSA) is 63.8 Å². The Morgan fingerprint density at radius 1 is 1.33 bits per heavy atom. The van der Waals surface area contributed by atoms with E-state index in [0.29, 0.717) is 11.5 Å². The molecule has 18 heavy (non-hydrogen) atoms. The van der Waals surface area contributed by atoms with E-state index in [0.717, 1.165) is 6.42 Å². The van der Waals surface area contributed by atoms with Gasteiger partial charge in [-0.2, -0.15) is 4.98 Å². The summed E-state index contributed by atoms with van der Waals surface area (Å²) in [6.45, 7) is 2.07. The fraction of sp³-hybridized carbons (Fsp3) is 0.231. The summed E-state index contributed by atoms with van der Waals surface area (Å²) in [6, 6.07) is 10.4. The van der Waals surface area contributed by atoms with Crippen LogP contribution in [0.1, 0.15) is 12.5 Å². The molecule has 1 aromatic heterocycles. The van der Waals surface area contributed by atoms with Gasteiger partial charge in [0, 0.05) is 6.04 Å². The molecule has 5 heteroatoms. The van der Waals surface area contributed by atoms with Gasteiger partial charge in [-0.15, -0.1) is 0 Å². The molecular formula is C13H15ClN4. The normalized spacial score (nSPS) is 12.1. The second-order valence-corrected chi connectivity index (χ2v) is 4.52. The van der Waals surface area contributed by atoms with E-state index >= 15 is 0 Å². The number of hydrogen-bond donors (Lipinski definition) is 2. The molecule has 0 radical (unpaired) electrons. The monoisotopic (exact) mass is 262 g/mol. The number of nitrogens with two attached hydrogens (primary N) is 1. The molecule has 1 aromatic carbocycles. The van der Waals surface area contributed by atoms with Gasteiger partial charge in [0.25, 0.3) is 0 Å². The third-order valence-corrected chi connectivity index (χ3v) is 2.74. The molecule has 1 atom stereocenters. The predicted octanol–water partition coefficient (Wildman–Crippen LogP) is 2.76. The molecule has 2 aromatic rings. The van der Waals surface area contributed by atoms with Crippen molar-refractivity contribution in [2.24, 2.45) is 0 Å². The Morgan fingerprint density at radius 2 is 2.06 bits per heavy atom.